The number of amides is 1. The van der Waals surface area contributed by atoms with Crippen LogP contribution in [0.2, 0.25) is 0 Å². The summed E-state index contributed by atoms with van der Waals surface area (Å²) in [6.07, 6.45) is 0.712. The highest BCUT2D eigenvalue weighted by molar-refractivity contribution is 5.93. The summed E-state index contributed by atoms with van der Waals surface area (Å²) in [5, 5.41) is 0. The quantitative estimate of drug-likeness (QED) is 0.566. The first-order valence-corrected chi connectivity index (χ1v) is 4.18. The van der Waals surface area contributed by atoms with Crippen molar-refractivity contribution in [3.05, 3.63) is 12.7 Å². The van der Waals surface area contributed by atoms with E-state index >= 15 is 0 Å². The maximum atomic E-state index is 11.2. The average Bonchev–Trinajstić information content (AvgIpc) is 2.17. The van der Waals surface area contributed by atoms with Crippen LogP contribution >= 0.6 is 0 Å². The van der Waals surface area contributed by atoms with Gasteiger partial charge in [-0.05, 0) is 6.08 Å². The van der Waals surface area contributed by atoms with Gasteiger partial charge in [-0.2, -0.15) is 0 Å². The molecule has 1 unspecified atom stereocenters. The summed E-state index contributed by atoms with van der Waals surface area (Å²) in [5.41, 5.74) is 0. The lowest BCUT2D eigenvalue weighted by Gasteiger charge is -2.30. The van der Waals surface area contributed by atoms with Gasteiger partial charge < -0.3 is 9.64 Å². The molecule has 1 amide bonds. The molecule has 0 aliphatic carbocycles. The van der Waals surface area contributed by atoms with Crippen molar-refractivity contribution in [2.75, 3.05) is 19.7 Å². The van der Waals surface area contributed by atoms with E-state index in [4.69, 9.17) is 4.74 Å². The summed E-state index contributed by atoms with van der Waals surface area (Å²) in [6, 6.07) is 0. The fourth-order valence-electron chi connectivity index (χ4n) is 1.24. The first-order chi connectivity index (χ1) is 6.15. The minimum atomic E-state index is -0.518. The van der Waals surface area contributed by atoms with Crippen LogP contribution < -0.4 is 0 Å². The highest BCUT2D eigenvalue weighted by atomic mass is 16.5. The van der Waals surface area contributed by atoms with Crippen LogP contribution in [0.15, 0.2) is 12.7 Å². The van der Waals surface area contributed by atoms with Crippen LogP contribution in [0.25, 0.3) is 0 Å². The average molecular weight is 183 g/mol. The lowest BCUT2D eigenvalue weighted by Crippen LogP contribution is -2.47. The number of carbonyl (C=O) groups is 2. The van der Waals surface area contributed by atoms with Gasteiger partial charge in [-0.1, -0.05) is 6.58 Å². The Hall–Kier alpha value is -1.16. The molecule has 4 nitrogen and oxygen atoms in total. The first kappa shape index (κ1) is 9.92. The van der Waals surface area contributed by atoms with E-state index in [9.17, 15) is 9.59 Å². The topological polar surface area (TPSA) is 46.6 Å². The van der Waals surface area contributed by atoms with E-state index in [1.54, 1.807) is 4.90 Å². The van der Waals surface area contributed by atoms with Crippen LogP contribution in [-0.4, -0.2) is 42.4 Å². The fraction of sp³-hybridized carbons (Fsp3) is 0.556. The van der Waals surface area contributed by atoms with Gasteiger partial charge in [0.2, 0.25) is 5.91 Å². The number of ketones is 1. The van der Waals surface area contributed by atoms with Gasteiger partial charge in [0, 0.05) is 13.5 Å². The maximum absolute atomic E-state index is 11.2. The lowest BCUT2D eigenvalue weighted by atomic mass is 10.2. The van der Waals surface area contributed by atoms with Crippen LogP contribution in [0.3, 0.4) is 0 Å². The smallest absolute Gasteiger partial charge is 0.219 e. The summed E-state index contributed by atoms with van der Waals surface area (Å²) in [6.45, 7) is 6.19. The summed E-state index contributed by atoms with van der Waals surface area (Å²) in [4.78, 5) is 23.7. The Balaban J connectivity index is 2.56. The van der Waals surface area contributed by atoms with Gasteiger partial charge in [-0.3, -0.25) is 9.59 Å². The Morgan fingerprint density at radius 3 is 2.85 bits per heavy atom. The summed E-state index contributed by atoms with van der Waals surface area (Å²) in [5.74, 6) is -0.184. The zero-order valence-electron chi connectivity index (χ0n) is 7.66. The van der Waals surface area contributed by atoms with E-state index < -0.39 is 6.10 Å². The zero-order chi connectivity index (χ0) is 9.84. The molecule has 4 heteroatoms. The summed E-state index contributed by atoms with van der Waals surface area (Å²) < 4.78 is 5.20. The van der Waals surface area contributed by atoms with Crippen LogP contribution in [-0.2, 0) is 14.3 Å². The van der Waals surface area contributed by atoms with Gasteiger partial charge in [-0.15, -0.1) is 0 Å². The number of ether oxygens (including phenoxy) is 1. The van der Waals surface area contributed by atoms with Crippen molar-refractivity contribution in [3.8, 4) is 0 Å². The summed E-state index contributed by atoms with van der Waals surface area (Å²) in [7, 11) is 0. The van der Waals surface area contributed by atoms with E-state index in [1.807, 2.05) is 0 Å². The Labute approximate surface area is 77.2 Å². The number of rotatable bonds is 2. The van der Waals surface area contributed by atoms with Crippen LogP contribution in [0.1, 0.15) is 6.92 Å². The molecule has 1 fully saturated rings. The van der Waals surface area contributed by atoms with Crippen molar-refractivity contribution >= 4 is 11.7 Å². The van der Waals surface area contributed by atoms with E-state index in [-0.39, 0.29) is 11.7 Å². The molecule has 72 valence electrons. The molecule has 0 saturated carbocycles. The number of hydrogen-bond acceptors (Lipinski definition) is 3. The van der Waals surface area contributed by atoms with Crippen molar-refractivity contribution < 1.29 is 14.3 Å². The molecule has 1 saturated heterocycles. The molecule has 1 heterocycles. The molecule has 1 atom stereocenters. The molecule has 0 spiro atoms. The number of nitrogens with zero attached hydrogens (tertiary/aromatic N) is 1. The molecule has 0 radical (unpaired) electrons. The third kappa shape index (κ3) is 2.39. The normalized spacial score (nSPS) is 22.5. The lowest BCUT2D eigenvalue weighted by molar-refractivity contribution is -0.142. The number of carbonyl (C=O) groups excluding carboxylic acids is 2. The molecule has 1 aliphatic rings. The largest absolute Gasteiger partial charge is 0.366 e. The molecule has 13 heavy (non-hydrogen) atoms. The van der Waals surface area contributed by atoms with Gasteiger partial charge in [0.15, 0.2) is 5.78 Å². The molecule has 0 aromatic heterocycles. The number of morpholine rings is 1. The SMILES string of the molecule is C=CC(=O)C1CN(C(C)=O)CCO1. The third-order valence-electron chi connectivity index (χ3n) is 2.03. The Morgan fingerprint density at radius 1 is 1.62 bits per heavy atom. The van der Waals surface area contributed by atoms with Crippen molar-refractivity contribution in [1.29, 1.82) is 0 Å². The van der Waals surface area contributed by atoms with Gasteiger partial charge in [0.05, 0.1) is 13.2 Å². The van der Waals surface area contributed by atoms with Gasteiger partial charge in [0.25, 0.3) is 0 Å². The third-order valence-corrected chi connectivity index (χ3v) is 2.03. The predicted molar refractivity (Wildman–Crippen MR) is 47.2 cm³/mol. The van der Waals surface area contributed by atoms with E-state index in [0.717, 1.165) is 0 Å². The molecular weight excluding hydrogens is 170 g/mol. The van der Waals surface area contributed by atoms with E-state index in [1.165, 1.54) is 13.0 Å². The van der Waals surface area contributed by atoms with E-state index in [0.29, 0.717) is 19.7 Å². The van der Waals surface area contributed by atoms with Gasteiger partial charge in [-0.25, -0.2) is 0 Å². The van der Waals surface area contributed by atoms with Crippen molar-refractivity contribution in [2.45, 2.75) is 13.0 Å². The highest BCUT2D eigenvalue weighted by Crippen LogP contribution is 2.06. The Morgan fingerprint density at radius 2 is 2.31 bits per heavy atom. The Kier molecular flexibility index (Phi) is 3.19. The van der Waals surface area contributed by atoms with Gasteiger partial charge >= 0.3 is 0 Å². The maximum Gasteiger partial charge on any atom is 0.219 e. The van der Waals surface area contributed by atoms with Gasteiger partial charge in [0.1, 0.15) is 6.10 Å². The summed E-state index contributed by atoms with van der Waals surface area (Å²) >= 11 is 0. The van der Waals surface area contributed by atoms with Crippen molar-refractivity contribution in [3.63, 3.8) is 0 Å². The van der Waals surface area contributed by atoms with Crippen molar-refractivity contribution in [2.24, 2.45) is 0 Å². The number of hydrogen-bond donors (Lipinski definition) is 0. The molecule has 1 rings (SSSR count). The highest BCUT2D eigenvalue weighted by Gasteiger charge is 2.25. The van der Waals surface area contributed by atoms with Crippen LogP contribution in [0, 0.1) is 0 Å². The monoisotopic (exact) mass is 183 g/mol. The molecule has 0 bridgehead atoms. The fourth-order valence-corrected chi connectivity index (χ4v) is 1.24. The van der Waals surface area contributed by atoms with Crippen LogP contribution in [0.5, 0.6) is 0 Å². The molecule has 0 N–H and O–H groups in total. The molecule has 0 aromatic carbocycles. The van der Waals surface area contributed by atoms with E-state index in [2.05, 4.69) is 6.58 Å². The molecular formula is C9H13NO3. The second kappa shape index (κ2) is 4.18. The van der Waals surface area contributed by atoms with Crippen LogP contribution in [0.4, 0.5) is 0 Å². The second-order valence-corrected chi connectivity index (χ2v) is 2.93. The Bertz CT molecular complexity index is 237. The first-order valence-electron chi connectivity index (χ1n) is 4.18. The molecule has 0 aromatic rings. The van der Waals surface area contributed by atoms with Crippen molar-refractivity contribution in [1.82, 2.24) is 4.90 Å². The predicted octanol–water partition coefficient (Wildman–Crippen LogP) is -0.0112. The standard InChI is InChI=1S/C9H13NO3/c1-3-8(12)9-6-10(7(2)11)4-5-13-9/h3,9H,1,4-6H2,2H3. The minimum Gasteiger partial charge on any atom is -0.366 e. The minimum absolute atomic E-state index is 0.0230. The zero-order valence-corrected chi connectivity index (χ0v) is 7.66. The second-order valence-electron chi connectivity index (χ2n) is 2.93. The molecule has 1 aliphatic heterocycles.